The molecule has 1 aliphatic heterocycles. The molecule has 0 spiro atoms. The molecule has 4 nitrogen and oxygen atoms in total. The van der Waals surface area contributed by atoms with Crippen LogP contribution in [0.3, 0.4) is 0 Å². The van der Waals surface area contributed by atoms with E-state index in [-0.39, 0.29) is 11.8 Å². The maximum Gasteiger partial charge on any atom is 0.224 e. The van der Waals surface area contributed by atoms with Crippen molar-refractivity contribution < 1.29 is 4.79 Å². The zero-order chi connectivity index (χ0) is 13.4. The summed E-state index contributed by atoms with van der Waals surface area (Å²) < 4.78 is 0. The lowest BCUT2D eigenvalue weighted by Crippen LogP contribution is -2.39. The first-order chi connectivity index (χ1) is 8.65. The topological polar surface area (TPSA) is 58.4 Å². The number of piperidine rings is 1. The molecule has 3 N–H and O–H groups in total. The van der Waals surface area contributed by atoms with Crippen molar-refractivity contribution >= 4 is 5.91 Å². The van der Waals surface area contributed by atoms with Crippen LogP contribution in [0.1, 0.15) is 39.5 Å². The molecule has 0 radical (unpaired) electrons. The Hall–Kier alpha value is -0.610. The third kappa shape index (κ3) is 5.36. The molecule has 1 rings (SSSR count). The number of hydrogen-bond acceptors (Lipinski definition) is 3. The lowest BCUT2D eigenvalue weighted by molar-refractivity contribution is -0.125. The summed E-state index contributed by atoms with van der Waals surface area (Å²) in [4.78, 5) is 14.4. The standard InChI is InChI=1S/C14H29N3O/c1-12(2)13(11-15)14(18)16-7-6-10-17-8-4-3-5-9-17/h12-13H,3-11,15H2,1-2H3,(H,16,18). The second-order valence-corrected chi connectivity index (χ2v) is 5.63. The smallest absolute Gasteiger partial charge is 0.224 e. The number of nitrogens with one attached hydrogen (secondary N) is 1. The molecule has 1 saturated heterocycles. The molecule has 0 aromatic rings. The number of likely N-dealkylation sites (tertiary alicyclic amines) is 1. The number of nitrogens with two attached hydrogens (primary N) is 1. The fourth-order valence-corrected chi connectivity index (χ4v) is 2.51. The molecular formula is C14H29N3O. The third-order valence-corrected chi connectivity index (χ3v) is 3.79. The lowest BCUT2D eigenvalue weighted by Gasteiger charge is -2.26. The van der Waals surface area contributed by atoms with Gasteiger partial charge in [-0.3, -0.25) is 4.79 Å². The van der Waals surface area contributed by atoms with Gasteiger partial charge in [0.2, 0.25) is 5.91 Å². The predicted molar refractivity (Wildman–Crippen MR) is 75.3 cm³/mol. The lowest BCUT2D eigenvalue weighted by atomic mass is 9.95. The minimum atomic E-state index is -0.0417. The van der Waals surface area contributed by atoms with Crippen molar-refractivity contribution in [3.63, 3.8) is 0 Å². The van der Waals surface area contributed by atoms with E-state index in [0.717, 1.165) is 19.5 Å². The van der Waals surface area contributed by atoms with E-state index in [1.807, 2.05) is 13.8 Å². The third-order valence-electron chi connectivity index (χ3n) is 3.79. The molecule has 1 atom stereocenters. The molecular weight excluding hydrogens is 226 g/mol. The Labute approximate surface area is 111 Å². The zero-order valence-corrected chi connectivity index (χ0v) is 12.0. The molecule has 1 fully saturated rings. The van der Waals surface area contributed by atoms with Crippen molar-refractivity contribution in [2.45, 2.75) is 39.5 Å². The van der Waals surface area contributed by atoms with E-state index >= 15 is 0 Å². The van der Waals surface area contributed by atoms with Crippen LogP contribution in [0.25, 0.3) is 0 Å². The Kier molecular flexibility index (Phi) is 7.28. The number of nitrogens with zero attached hydrogens (tertiary/aromatic N) is 1. The van der Waals surface area contributed by atoms with Gasteiger partial charge in [-0.25, -0.2) is 0 Å². The maximum absolute atomic E-state index is 11.9. The van der Waals surface area contributed by atoms with E-state index in [1.165, 1.54) is 32.4 Å². The molecule has 1 unspecified atom stereocenters. The average Bonchev–Trinajstić information content (AvgIpc) is 2.36. The molecule has 1 amide bonds. The van der Waals surface area contributed by atoms with Crippen LogP contribution < -0.4 is 11.1 Å². The number of rotatable bonds is 7. The summed E-state index contributed by atoms with van der Waals surface area (Å²) in [5, 5.41) is 3.01. The van der Waals surface area contributed by atoms with Gasteiger partial charge in [-0.05, 0) is 44.8 Å². The molecule has 1 heterocycles. The minimum Gasteiger partial charge on any atom is -0.356 e. The number of amides is 1. The fraction of sp³-hybridized carbons (Fsp3) is 0.929. The van der Waals surface area contributed by atoms with Gasteiger partial charge in [-0.15, -0.1) is 0 Å². The summed E-state index contributed by atoms with van der Waals surface area (Å²) in [6.45, 7) is 8.87. The second-order valence-electron chi connectivity index (χ2n) is 5.63. The van der Waals surface area contributed by atoms with E-state index in [4.69, 9.17) is 5.73 Å². The van der Waals surface area contributed by atoms with E-state index < -0.39 is 0 Å². The monoisotopic (exact) mass is 255 g/mol. The largest absolute Gasteiger partial charge is 0.356 e. The van der Waals surface area contributed by atoms with Crippen molar-refractivity contribution in [1.29, 1.82) is 0 Å². The van der Waals surface area contributed by atoms with Crippen LogP contribution in [-0.2, 0) is 4.79 Å². The summed E-state index contributed by atoms with van der Waals surface area (Å²) >= 11 is 0. The number of carbonyl (C=O) groups is 1. The average molecular weight is 255 g/mol. The Balaban J connectivity index is 2.11. The Morgan fingerprint density at radius 3 is 2.50 bits per heavy atom. The summed E-state index contributed by atoms with van der Waals surface area (Å²) in [6.07, 6.45) is 5.07. The molecule has 0 aromatic heterocycles. The van der Waals surface area contributed by atoms with Crippen molar-refractivity contribution in [2.75, 3.05) is 32.7 Å². The number of hydrogen-bond donors (Lipinski definition) is 2. The highest BCUT2D eigenvalue weighted by Gasteiger charge is 2.19. The molecule has 0 aromatic carbocycles. The van der Waals surface area contributed by atoms with E-state index in [0.29, 0.717) is 12.5 Å². The van der Waals surface area contributed by atoms with Gasteiger partial charge in [0.15, 0.2) is 0 Å². The first-order valence-corrected chi connectivity index (χ1v) is 7.35. The van der Waals surface area contributed by atoms with Crippen LogP contribution in [0.5, 0.6) is 0 Å². The van der Waals surface area contributed by atoms with Crippen LogP contribution in [0.2, 0.25) is 0 Å². The first kappa shape index (κ1) is 15.4. The number of carbonyl (C=O) groups excluding carboxylic acids is 1. The zero-order valence-electron chi connectivity index (χ0n) is 12.0. The van der Waals surface area contributed by atoms with Gasteiger partial charge in [0.1, 0.15) is 0 Å². The molecule has 0 bridgehead atoms. The van der Waals surface area contributed by atoms with Gasteiger partial charge in [-0.1, -0.05) is 20.3 Å². The van der Waals surface area contributed by atoms with Crippen LogP contribution in [-0.4, -0.2) is 43.5 Å². The quantitative estimate of drug-likeness (QED) is 0.672. The van der Waals surface area contributed by atoms with Crippen LogP contribution in [0.4, 0.5) is 0 Å². The summed E-state index contributed by atoms with van der Waals surface area (Å²) in [5.74, 6) is 0.392. The molecule has 0 saturated carbocycles. The van der Waals surface area contributed by atoms with Crippen molar-refractivity contribution in [3.8, 4) is 0 Å². The van der Waals surface area contributed by atoms with Gasteiger partial charge < -0.3 is 16.0 Å². The summed E-state index contributed by atoms with van der Waals surface area (Å²) in [5.41, 5.74) is 5.63. The highest BCUT2D eigenvalue weighted by atomic mass is 16.1. The summed E-state index contributed by atoms with van der Waals surface area (Å²) in [6, 6.07) is 0. The summed E-state index contributed by atoms with van der Waals surface area (Å²) in [7, 11) is 0. The second kappa shape index (κ2) is 8.48. The van der Waals surface area contributed by atoms with E-state index in [1.54, 1.807) is 0 Å². The predicted octanol–water partition coefficient (Wildman–Crippen LogP) is 1.21. The van der Waals surface area contributed by atoms with Gasteiger partial charge in [-0.2, -0.15) is 0 Å². The van der Waals surface area contributed by atoms with Crippen molar-refractivity contribution in [2.24, 2.45) is 17.6 Å². The Morgan fingerprint density at radius 1 is 1.28 bits per heavy atom. The normalized spacial score (nSPS) is 18.9. The van der Waals surface area contributed by atoms with Crippen molar-refractivity contribution in [1.82, 2.24) is 10.2 Å². The van der Waals surface area contributed by atoms with Crippen molar-refractivity contribution in [3.05, 3.63) is 0 Å². The molecule has 4 heteroatoms. The minimum absolute atomic E-state index is 0.0417. The van der Waals surface area contributed by atoms with Crippen LogP contribution in [0, 0.1) is 11.8 Å². The molecule has 106 valence electrons. The molecule has 0 aliphatic carbocycles. The van der Waals surface area contributed by atoms with Gasteiger partial charge in [0.05, 0.1) is 5.92 Å². The highest BCUT2D eigenvalue weighted by molar-refractivity contribution is 5.79. The SMILES string of the molecule is CC(C)C(CN)C(=O)NCCCN1CCCCC1. The Morgan fingerprint density at radius 2 is 1.94 bits per heavy atom. The van der Waals surface area contributed by atoms with Gasteiger partial charge in [0, 0.05) is 13.1 Å². The highest BCUT2D eigenvalue weighted by Crippen LogP contribution is 2.10. The van der Waals surface area contributed by atoms with E-state index in [2.05, 4.69) is 10.2 Å². The van der Waals surface area contributed by atoms with E-state index in [9.17, 15) is 4.79 Å². The molecule has 1 aliphatic rings. The van der Waals surface area contributed by atoms with Crippen LogP contribution >= 0.6 is 0 Å². The first-order valence-electron chi connectivity index (χ1n) is 7.35. The fourth-order valence-electron chi connectivity index (χ4n) is 2.51. The maximum atomic E-state index is 11.9. The van der Waals surface area contributed by atoms with Gasteiger partial charge in [0.25, 0.3) is 0 Å². The van der Waals surface area contributed by atoms with Crippen LogP contribution in [0.15, 0.2) is 0 Å². The Bertz CT molecular complexity index is 237. The van der Waals surface area contributed by atoms with Gasteiger partial charge >= 0.3 is 0 Å². The molecule has 18 heavy (non-hydrogen) atoms.